The summed E-state index contributed by atoms with van der Waals surface area (Å²) in [5.74, 6) is 0.989. The molecule has 6 heteroatoms. The maximum atomic E-state index is 5.79. The zero-order chi connectivity index (χ0) is 15.8. The minimum Gasteiger partial charge on any atom is -0.384 e. The van der Waals surface area contributed by atoms with E-state index in [-0.39, 0.29) is 0 Å². The van der Waals surface area contributed by atoms with Crippen molar-refractivity contribution < 1.29 is 0 Å². The summed E-state index contributed by atoms with van der Waals surface area (Å²) in [6.07, 6.45) is 5.39. The van der Waals surface area contributed by atoms with Gasteiger partial charge >= 0.3 is 0 Å². The first-order valence-corrected chi connectivity index (χ1v) is 7.21. The van der Waals surface area contributed by atoms with Crippen LogP contribution in [0.1, 0.15) is 5.69 Å². The minimum absolute atomic E-state index is 0.438. The van der Waals surface area contributed by atoms with Crippen molar-refractivity contribution in [3.05, 3.63) is 60.7 Å². The molecule has 0 saturated heterocycles. The summed E-state index contributed by atoms with van der Waals surface area (Å²) in [6.45, 7) is 1.96. The smallest absolute Gasteiger partial charge is 0.236 e. The lowest BCUT2D eigenvalue weighted by Gasteiger charge is -2.05. The molecule has 4 aromatic heterocycles. The number of pyridine rings is 2. The fourth-order valence-corrected chi connectivity index (χ4v) is 2.58. The van der Waals surface area contributed by atoms with Gasteiger partial charge in [0.2, 0.25) is 5.78 Å². The summed E-state index contributed by atoms with van der Waals surface area (Å²) in [4.78, 5) is 17.6. The maximum Gasteiger partial charge on any atom is 0.236 e. The molecule has 4 rings (SSSR count). The highest BCUT2D eigenvalue weighted by molar-refractivity contribution is 5.79. The highest BCUT2D eigenvalue weighted by Crippen LogP contribution is 2.31. The Morgan fingerprint density at radius 2 is 1.78 bits per heavy atom. The predicted molar refractivity (Wildman–Crippen MR) is 88.6 cm³/mol. The molecule has 0 amide bonds. The predicted octanol–water partition coefficient (Wildman–Crippen LogP) is 2.74. The van der Waals surface area contributed by atoms with Crippen LogP contribution in [0, 0.1) is 6.92 Å². The van der Waals surface area contributed by atoms with Gasteiger partial charge in [-0.1, -0.05) is 6.07 Å². The molecule has 4 heterocycles. The van der Waals surface area contributed by atoms with Gasteiger partial charge in [-0.2, -0.15) is 4.98 Å². The van der Waals surface area contributed by atoms with E-state index >= 15 is 0 Å². The average Bonchev–Trinajstić information content (AvgIpc) is 2.94. The first-order valence-electron chi connectivity index (χ1n) is 7.21. The van der Waals surface area contributed by atoms with E-state index in [4.69, 9.17) is 5.73 Å². The van der Waals surface area contributed by atoms with Crippen molar-refractivity contribution in [2.24, 2.45) is 0 Å². The van der Waals surface area contributed by atoms with Crippen LogP contribution >= 0.6 is 0 Å². The molecule has 0 fully saturated rings. The van der Waals surface area contributed by atoms with E-state index in [0.29, 0.717) is 11.6 Å². The van der Waals surface area contributed by atoms with Crippen molar-refractivity contribution in [3.8, 4) is 22.6 Å². The lowest BCUT2D eigenvalue weighted by Crippen LogP contribution is -1.95. The third-order valence-electron chi connectivity index (χ3n) is 3.60. The molecule has 6 nitrogen and oxygen atoms in total. The second-order valence-electron chi connectivity index (χ2n) is 5.23. The van der Waals surface area contributed by atoms with Crippen molar-refractivity contribution in [2.45, 2.75) is 6.92 Å². The lowest BCUT2D eigenvalue weighted by atomic mass is 10.1. The molecule has 0 bridgehead atoms. The molecular formula is C17H14N6. The molecule has 0 aliphatic heterocycles. The topological polar surface area (TPSA) is 82.0 Å². The fourth-order valence-electron chi connectivity index (χ4n) is 2.58. The number of aromatic nitrogens is 5. The summed E-state index contributed by atoms with van der Waals surface area (Å²) in [6, 6.07) is 11.5. The number of aryl methyl sites for hydroxylation is 1. The van der Waals surface area contributed by atoms with Crippen molar-refractivity contribution in [1.29, 1.82) is 0 Å². The number of nitrogens with zero attached hydrogens (tertiary/aromatic N) is 5. The highest BCUT2D eigenvalue weighted by atomic mass is 15.1. The lowest BCUT2D eigenvalue weighted by molar-refractivity contribution is 1.12. The average molecular weight is 302 g/mol. The van der Waals surface area contributed by atoms with Gasteiger partial charge in [0.25, 0.3) is 0 Å². The first kappa shape index (κ1) is 13.4. The zero-order valence-corrected chi connectivity index (χ0v) is 12.5. The van der Waals surface area contributed by atoms with Crippen molar-refractivity contribution in [2.75, 3.05) is 5.73 Å². The number of anilines is 1. The van der Waals surface area contributed by atoms with Crippen LogP contribution in [0.3, 0.4) is 0 Å². The number of nitrogens with two attached hydrogens (primary N) is 1. The van der Waals surface area contributed by atoms with E-state index in [1.165, 1.54) is 0 Å². The van der Waals surface area contributed by atoms with Crippen molar-refractivity contribution in [3.63, 3.8) is 0 Å². The second-order valence-corrected chi connectivity index (χ2v) is 5.23. The van der Waals surface area contributed by atoms with Gasteiger partial charge in [-0.15, -0.1) is 0 Å². The van der Waals surface area contributed by atoms with Gasteiger partial charge in [0.1, 0.15) is 11.5 Å². The Labute approximate surface area is 132 Å². The van der Waals surface area contributed by atoms with Gasteiger partial charge in [-0.25, -0.2) is 4.98 Å². The van der Waals surface area contributed by atoms with Crippen LogP contribution < -0.4 is 5.73 Å². The Bertz CT molecular complexity index is 991. The standard InChI is InChI=1S/C17H14N6/c1-11-3-2-4-13(20-11)15-16(12-5-8-19-9-6-12)23-10-7-14(18)21-17(23)22-15/h2-10H,1H3,(H2,18,21,22). The van der Waals surface area contributed by atoms with Crippen LogP contribution in [0.4, 0.5) is 5.82 Å². The fraction of sp³-hybridized carbons (Fsp3) is 0.0588. The molecule has 0 aliphatic rings. The summed E-state index contributed by atoms with van der Waals surface area (Å²) in [5.41, 5.74) is 10.2. The molecule has 23 heavy (non-hydrogen) atoms. The van der Waals surface area contributed by atoms with Crippen LogP contribution in [-0.4, -0.2) is 24.3 Å². The molecule has 0 radical (unpaired) electrons. The molecule has 4 aromatic rings. The Hall–Kier alpha value is -3.28. The Morgan fingerprint density at radius 3 is 2.57 bits per heavy atom. The van der Waals surface area contributed by atoms with Gasteiger partial charge in [0.15, 0.2) is 0 Å². The monoisotopic (exact) mass is 302 g/mol. The largest absolute Gasteiger partial charge is 0.384 e. The molecular weight excluding hydrogens is 288 g/mol. The molecule has 0 atom stereocenters. The number of fused-ring (bicyclic) bond motifs is 1. The van der Waals surface area contributed by atoms with Gasteiger partial charge in [0, 0.05) is 29.8 Å². The van der Waals surface area contributed by atoms with Gasteiger partial charge in [-0.05, 0) is 37.3 Å². The minimum atomic E-state index is 0.438. The molecule has 112 valence electrons. The second kappa shape index (κ2) is 5.17. The SMILES string of the molecule is Cc1cccc(-c2nc3nc(N)ccn3c2-c2ccncc2)n1. The Kier molecular flexibility index (Phi) is 3.01. The normalized spacial score (nSPS) is 11.0. The summed E-state index contributed by atoms with van der Waals surface area (Å²) in [7, 11) is 0. The molecule has 0 aliphatic carbocycles. The number of imidazole rings is 1. The molecule has 0 saturated carbocycles. The zero-order valence-electron chi connectivity index (χ0n) is 12.5. The van der Waals surface area contributed by atoms with Crippen molar-refractivity contribution in [1.82, 2.24) is 24.3 Å². The molecule has 0 unspecified atom stereocenters. The summed E-state index contributed by atoms with van der Waals surface area (Å²) < 4.78 is 1.92. The Morgan fingerprint density at radius 1 is 0.957 bits per heavy atom. The van der Waals surface area contributed by atoms with Gasteiger partial charge < -0.3 is 5.73 Å². The quantitative estimate of drug-likeness (QED) is 0.615. The molecule has 0 spiro atoms. The number of hydrogen-bond acceptors (Lipinski definition) is 5. The van der Waals surface area contributed by atoms with E-state index in [1.54, 1.807) is 18.5 Å². The maximum absolute atomic E-state index is 5.79. The molecule has 0 aromatic carbocycles. The number of nitrogen functional groups attached to an aromatic ring is 1. The van der Waals surface area contributed by atoms with E-state index in [9.17, 15) is 0 Å². The number of rotatable bonds is 2. The summed E-state index contributed by atoms with van der Waals surface area (Å²) >= 11 is 0. The van der Waals surface area contributed by atoms with Crippen LogP contribution in [0.2, 0.25) is 0 Å². The van der Waals surface area contributed by atoms with E-state index in [0.717, 1.165) is 28.3 Å². The van der Waals surface area contributed by atoms with Crippen LogP contribution in [0.15, 0.2) is 55.0 Å². The number of hydrogen-bond donors (Lipinski definition) is 1. The summed E-state index contributed by atoms with van der Waals surface area (Å²) in [5, 5.41) is 0. The van der Waals surface area contributed by atoms with E-state index in [1.807, 2.05) is 47.9 Å². The first-order chi connectivity index (χ1) is 11.2. The van der Waals surface area contributed by atoms with E-state index in [2.05, 4.69) is 19.9 Å². The van der Waals surface area contributed by atoms with Gasteiger partial charge in [-0.3, -0.25) is 14.4 Å². The van der Waals surface area contributed by atoms with E-state index < -0.39 is 0 Å². The van der Waals surface area contributed by atoms with Gasteiger partial charge in [0.05, 0.1) is 11.4 Å². The molecule has 2 N–H and O–H groups in total. The highest BCUT2D eigenvalue weighted by Gasteiger charge is 2.17. The van der Waals surface area contributed by atoms with Crippen molar-refractivity contribution >= 4 is 11.6 Å². The van der Waals surface area contributed by atoms with Crippen LogP contribution in [-0.2, 0) is 0 Å². The third-order valence-corrected chi connectivity index (χ3v) is 3.60. The third kappa shape index (κ3) is 2.30. The van der Waals surface area contributed by atoms with Crippen LogP contribution in [0.5, 0.6) is 0 Å². The van der Waals surface area contributed by atoms with Crippen LogP contribution in [0.25, 0.3) is 28.4 Å². The Balaban J connectivity index is 2.07.